The molecule has 0 spiro atoms. The summed E-state index contributed by atoms with van der Waals surface area (Å²) in [6.07, 6.45) is 3.30. The Morgan fingerprint density at radius 1 is 1.06 bits per heavy atom. The molecule has 3 aromatic rings. The van der Waals surface area contributed by atoms with Crippen LogP contribution in [-0.2, 0) is 16.1 Å². The Morgan fingerprint density at radius 2 is 1.85 bits per heavy atom. The zero-order valence-corrected chi connectivity index (χ0v) is 18.6. The van der Waals surface area contributed by atoms with Crippen LogP contribution in [0.4, 0.5) is 0 Å². The molecule has 1 atom stereocenters. The molecule has 7 nitrogen and oxygen atoms in total. The van der Waals surface area contributed by atoms with Gasteiger partial charge in [0.05, 0.1) is 31.4 Å². The zero-order chi connectivity index (χ0) is 23.5. The average Bonchev–Trinajstić information content (AvgIpc) is 3.09. The minimum atomic E-state index is -0.776. The largest absolute Gasteiger partial charge is 0.507 e. The van der Waals surface area contributed by atoms with Crippen molar-refractivity contribution in [1.82, 2.24) is 9.88 Å². The molecule has 33 heavy (non-hydrogen) atoms. The van der Waals surface area contributed by atoms with E-state index in [-0.39, 0.29) is 23.4 Å². The predicted octanol–water partition coefficient (Wildman–Crippen LogP) is 4.03. The number of pyridine rings is 1. The smallest absolute Gasteiger partial charge is 0.295 e. The van der Waals surface area contributed by atoms with Gasteiger partial charge < -0.3 is 19.5 Å². The Balaban J connectivity index is 1.93. The highest BCUT2D eigenvalue weighted by molar-refractivity contribution is 6.46. The summed E-state index contributed by atoms with van der Waals surface area (Å²) in [5.41, 5.74) is 2.70. The molecule has 0 radical (unpaired) electrons. The monoisotopic (exact) mass is 444 g/mol. The van der Waals surface area contributed by atoms with Crippen LogP contribution < -0.4 is 9.47 Å². The topological polar surface area (TPSA) is 89.0 Å². The van der Waals surface area contributed by atoms with Crippen molar-refractivity contribution >= 4 is 17.4 Å². The standard InChI is InChI=1S/C26H24N2O5/c1-16-7-4-5-9-19(16)23-22(24(29)20-13-18(32-2)10-11-21(20)33-3)25(30)26(31)28(23)15-17-8-6-12-27-14-17/h4-14,23,29H,15H2,1-3H3/b24-22+. The van der Waals surface area contributed by atoms with Gasteiger partial charge in [0.15, 0.2) is 0 Å². The maximum absolute atomic E-state index is 13.3. The number of aryl methyl sites for hydroxylation is 1. The first-order valence-electron chi connectivity index (χ1n) is 10.4. The lowest BCUT2D eigenvalue weighted by Gasteiger charge is -2.26. The highest BCUT2D eigenvalue weighted by Crippen LogP contribution is 2.43. The Kier molecular flexibility index (Phi) is 6.13. The molecule has 0 aliphatic carbocycles. The third-order valence-electron chi connectivity index (χ3n) is 5.76. The number of ether oxygens (including phenoxy) is 2. The third kappa shape index (κ3) is 4.05. The van der Waals surface area contributed by atoms with Crippen molar-refractivity contribution < 1.29 is 24.2 Å². The molecule has 1 aliphatic heterocycles. The molecule has 1 unspecified atom stereocenters. The second-order valence-electron chi connectivity index (χ2n) is 7.71. The van der Waals surface area contributed by atoms with Crippen LogP contribution in [0.5, 0.6) is 11.5 Å². The molecule has 1 amide bonds. The van der Waals surface area contributed by atoms with E-state index in [4.69, 9.17) is 9.47 Å². The van der Waals surface area contributed by atoms with Crippen LogP contribution in [0, 0.1) is 6.92 Å². The van der Waals surface area contributed by atoms with E-state index in [1.54, 1.807) is 36.7 Å². The molecular formula is C26H24N2O5. The van der Waals surface area contributed by atoms with Crippen molar-refractivity contribution in [2.75, 3.05) is 14.2 Å². The number of carbonyl (C=O) groups is 2. The fraction of sp³-hybridized carbons (Fsp3) is 0.192. The van der Waals surface area contributed by atoms with Crippen LogP contribution in [0.3, 0.4) is 0 Å². The van der Waals surface area contributed by atoms with Gasteiger partial charge in [0.25, 0.3) is 11.7 Å². The lowest BCUT2D eigenvalue weighted by Crippen LogP contribution is -2.29. The fourth-order valence-electron chi connectivity index (χ4n) is 4.09. The van der Waals surface area contributed by atoms with Gasteiger partial charge in [-0.15, -0.1) is 0 Å². The van der Waals surface area contributed by atoms with Crippen LogP contribution in [0.2, 0.25) is 0 Å². The number of carbonyl (C=O) groups excluding carboxylic acids is 2. The third-order valence-corrected chi connectivity index (χ3v) is 5.76. The van der Waals surface area contributed by atoms with Crippen molar-refractivity contribution in [3.05, 3.63) is 94.8 Å². The molecule has 168 valence electrons. The first-order valence-corrected chi connectivity index (χ1v) is 10.4. The minimum Gasteiger partial charge on any atom is -0.507 e. The number of ketones is 1. The van der Waals surface area contributed by atoms with E-state index in [1.165, 1.54) is 19.1 Å². The number of aromatic nitrogens is 1. The molecule has 7 heteroatoms. The summed E-state index contributed by atoms with van der Waals surface area (Å²) in [5, 5.41) is 11.4. The lowest BCUT2D eigenvalue weighted by molar-refractivity contribution is -0.140. The lowest BCUT2D eigenvalue weighted by atomic mass is 9.92. The van der Waals surface area contributed by atoms with Crippen molar-refractivity contribution in [2.45, 2.75) is 19.5 Å². The summed E-state index contributed by atoms with van der Waals surface area (Å²) in [4.78, 5) is 32.0. The molecule has 0 saturated carbocycles. The Morgan fingerprint density at radius 3 is 2.52 bits per heavy atom. The number of methoxy groups -OCH3 is 2. The summed E-state index contributed by atoms with van der Waals surface area (Å²) < 4.78 is 10.7. The molecule has 2 heterocycles. The van der Waals surface area contributed by atoms with Crippen LogP contribution in [0.1, 0.15) is 28.3 Å². The van der Waals surface area contributed by atoms with Crippen LogP contribution in [0.15, 0.2) is 72.6 Å². The van der Waals surface area contributed by atoms with E-state index in [1.807, 2.05) is 37.3 Å². The summed E-state index contributed by atoms with van der Waals surface area (Å²) >= 11 is 0. The van der Waals surface area contributed by atoms with E-state index in [0.29, 0.717) is 11.5 Å². The van der Waals surface area contributed by atoms with Gasteiger partial charge in [-0.25, -0.2) is 0 Å². The van der Waals surface area contributed by atoms with Crippen LogP contribution in [0.25, 0.3) is 5.76 Å². The maximum atomic E-state index is 13.3. The number of hydrogen-bond acceptors (Lipinski definition) is 6. The maximum Gasteiger partial charge on any atom is 0.295 e. The Labute approximate surface area is 191 Å². The van der Waals surface area contributed by atoms with Crippen molar-refractivity contribution in [1.29, 1.82) is 0 Å². The zero-order valence-electron chi connectivity index (χ0n) is 18.6. The number of nitrogens with zero attached hydrogens (tertiary/aromatic N) is 2. The minimum absolute atomic E-state index is 0.00439. The molecular weight excluding hydrogens is 420 g/mol. The molecule has 1 saturated heterocycles. The second-order valence-corrected chi connectivity index (χ2v) is 7.71. The van der Waals surface area contributed by atoms with Gasteiger partial charge in [0.1, 0.15) is 17.3 Å². The van der Waals surface area contributed by atoms with Crippen molar-refractivity contribution in [2.24, 2.45) is 0 Å². The SMILES string of the molecule is COc1ccc(OC)c(/C(O)=C2\C(=O)C(=O)N(Cc3cccnc3)C2c2ccccc2C)c1. The molecule has 2 aromatic carbocycles. The van der Waals surface area contributed by atoms with E-state index in [2.05, 4.69) is 4.98 Å². The van der Waals surface area contributed by atoms with Gasteiger partial charge in [0, 0.05) is 18.9 Å². The fourth-order valence-corrected chi connectivity index (χ4v) is 4.09. The number of hydrogen-bond donors (Lipinski definition) is 1. The van der Waals surface area contributed by atoms with Crippen molar-refractivity contribution in [3.63, 3.8) is 0 Å². The number of rotatable bonds is 6. The highest BCUT2D eigenvalue weighted by Gasteiger charge is 2.46. The average molecular weight is 444 g/mol. The summed E-state index contributed by atoms with van der Waals surface area (Å²) in [7, 11) is 2.98. The van der Waals surface area contributed by atoms with E-state index < -0.39 is 17.7 Å². The van der Waals surface area contributed by atoms with Crippen molar-refractivity contribution in [3.8, 4) is 11.5 Å². The Hall–Kier alpha value is -4.13. The van der Waals surface area contributed by atoms with Crippen LogP contribution in [-0.4, -0.2) is 40.9 Å². The van der Waals surface area contributed by atoms with Gasteiger partial charge in [0.2, 0.25) is 0 Å². The van der Waals surface area contributed by atoms with Gasteiger partial charge >= 0.3 is 0 Å². The normalized spacial score (nSPS) is 17.3. The highest BCUT2D eigenvalue weighted by atomic mass is 16.5. The number of aliphatic hydroxyl groups is 1. The number of amides is 1. The van der Waals surface area contributed by atoms with Gasteiger partial charge in [-0.3, -0.25) is 14.6 Å². The summed E-state index contributed by atoms with van der Waals surface area (Å²) in [6, 6.07) is 15.2. The Bertz CT molecular complexity index is 1240. The van der Waals surface area contributed by atoms with E-state index >= 15 is 0 Å². The molecule has 1 fully saturated rings. The number of benzene rings is 2. The quantitative estimate of drug-likeness (QED) is 0.351. The molecule has 0 bridgehead atoms. The summed E-state index contributed by atoms with van der Waals surface area (Å²) in [5.74, 6) is -0.916. The molecule has 1 aliphatic rings. The van der Waals surface area contributed by atoms with E-state index in [0.717, 1.165) is 16.7 Å². The molecule has 1 N–H and O–H groups in total. The van der Waals surface area contributed by atoms with E-state index in [9.17, 15) is 14.7 Å². The number of aliphatic hydroxyl groups excluding tert-OH is 1. The van der Waals surface area contributed by atoms with Gasteiger partial charge in [-0.05, 0) is 47.9 Å². The van der Waals surface area contributed by atoms with Gasteiger partial charge in [-0.1, -0.05) is 30.3 Å². The second kappa shape index (κ2) is 9.16. The summed E-state index contributed by atoms with van der Waals surface area (Å²) in [6.45, 7) is 2.08. The van der Waals surface area contributed by atoms with Gasteiger partial charge in [-0.2, -0.15) is 0 Å². The molecule has 1 aromatic heterocycles. The first-order chi connectivity index (χ1) is 16.0. The van der Waals surface area contributed by atoms with Crippen LogP contribution >= 0.6 is 0 Å². The number of likely N-dealkylation sites (tertiary alicyclic amines) is 1. The first kappa shape index (κ1) is 22.1. The number of Topliss-reactive ketones (excluding diaryl/α,β-unsaturated/α-hetero) is 1. The molecule has 4 rings (SSSR count). The predicted molar refractivity (Wildman–Crippen MR) is 123 cm³/mol.